The minimum absolute atomic E-state index is 0.974. The van der Waals surface area contributed by atoms with E-state index < -0.39 is 0 Å². The van der Waals surface area contributed by atoms with E-state index in [0.29, 0.717) is 0 Å². The second-order valence-corrected chi connectivity index (χ2v) is 6.35. The van der Waals surface area contributed by atoms with E-state index in [1.165, 1.54) is 64.2 Å². The molecule has 0 atom stereocenters. The SMILES string of the molecule is CCCCCCCCCCCC[n+]1ccc2nnn(C)c2c1. The molecular weight excluding hydrogens is 272 g/mol. The molecule has 0 aromatic carbocycles. The lowest BCUT2D eigenvalue weighted by Crippen LogP contribution is -2.32. The smallest absolute Gasteiger partial charge is 0.196 e. The van der Waals surface area contributed by atoms with Gasteiger partial charge in [0.1, 0.15) is 12.1 Å². The number of rotatable bonds is 11. The Bertz CT molecular complexity index is 547. The number of aromatic nitrogens is 4. The largest absolute Gasteiger partial charge is 0.242 e. The highest BCUT2D eigenvalue weighted by molar-refractivity contribution is 5.71. The van der Waals surface area contributed by atoms with E-state index in [0.717, 1.165) is 17.6 Å². The minimum atomic E-state index is 0.974. The molecule has 0 aliphatic heterocycles. The van der Waals surface area contributed by atoms with Crippen LogP contribution in [-0.4, -0.2) is 15.0 Å². The van der Waals surface area contributed by atoms with E-state index in [2.05, 4.69) is 40.3 Å². The van der Waals surface area contributed by atoms with Crippen LogP contribution in [0.25, 0.3) is 11.0 Å². The van der Waals surface area contributed by atoms with Crippen LogP contribution in [-0.2, 0) is 13.6 Å². The van der Waals surface area contributed by atoms with Crippen LogP contribution in [0.5, 0.6) is 0 Å². The van der Waals surface area contributed by atoms with Crippen molar-refractivity contribution in [1.82, 2.24) is 15.0 Å². The van der Waals surface area contributed by atoms with Crippen LogP contribution in [0, 0.1) is 0 Å². The van der Waals surface area contributed by atoms with Gasteiger partial charge < -0.3 is 0 Å². The van der Waals surface area contributed by atoms with Crippen molar-refractivity contribution < 1.29 is 4.57 Å². The zero-order chi connectivity index (χ0) is 15.6. The van der Waals surface area contributed by atoms with Gasteiger partial charge >= 0.3 is 0 Å². The Morgan fingerprint density at radius 1 is 0.955 bits per heavy atom. The lowest BCUT2D eigenvalue weighted by Gasteiger charge is -2.01. The van der Waals surface area contributed by atoms with E-state index in [-0.39, 0.29) is 0 Å². The van der Waals surface area contributed by atoms with Crippen molar-refractivity contribution in [2.45, 2.75) is 77.7 Å². The number of unbranched alkanes of at least 4 members (excludes halogenated alkanes) is 9. The van der Waals surface area contributed by atoms with Crippen LogP contribution in [0.2, 0.25) is 0 Å². The lowest BCUT2D eigenvalue weighted by molar-refractivity contribution is -0.696. The summed E-state index contributed by atoms with van der Waals surface area (Å²) in [4.78, 5) is 0. The molecule has 2 aromatic heterocycles. The fourth-order valence-electron chi connectivity index (χ4n) is 2.94. The van der Waals surface area contributed by atoms with Gasteiger partial charge in [-0.1, -0.05) is 63.5 Å². The molecule has 0 fully saturated rings. The van der Waals surface area contributed by atoms with Gasteiger partial charge in [0.2, 0.25) is 0 Å². The van der Waals surface area contributed by atoms with Gasteiger partial charge in [0.25, 0.3) is 0 Å². The highest BCUT2D eigenvalue weighted by Crippen LogP contribution is 2.10. The predicted octanol–water partition coefficient (Wildman–Crippen LogP) is 4.18. The van der Waals surface area contributed by atoms with Crippen LogP contribution in [0.1, 0.15) is 71.1 Å². The van der Waals surface area contributed by atoms with Gasteiger partial charge in [0.15, 0.2) is 17.9 Å². The monoisotopic (exact) mass is 303 g/mol. The van der Waals surface area contributed by atoms with E-state index in [1.54, 1.807) is 0 Å². The second kappa shape index (κ2) is 9.54. The van der Waals surface area contributed by atoms with Crippen molar-refractivity contribution in [3.8, 4) is 0 Å². The molecule has 2 rings (SSSR count). The number of aryl methyl sites for hydroxylation is 2. The van der Waals surface area contributed by atoms with E-state index in [1.807, 2.05) is 11.7 Å². The summed E-state index contributed by atoms with van der Waals surface area (Å²) < 4.78 is 4.10. The molecule has 0 amide bonds. The summed E-state index contributed by atoms with van der Waals surface area (Å²) in [5.41, 5.74) is 2.08. The number of nitrogens with zero attached hydrogens (tertiary/aromatic N) is 4. The molecule has 0 saturated carbocycles. The first-order chi connectivity index (χ1) is 10.8. The summed E-state index contributed by atoms with van der Waals surface area (Å²) in [5.74, 6) is 0. The summed E-state index contributed by atoms with van der Waals surface area (Å²) in [6.45, 7) is 3.37. The number of fused-ring (bicyclic) bond motifs is 1. The Labute approximate surface area is 134 Å². The van der Waals surface area contributed by atoms with Crippen LogP contribution in [0.3, 0.4) is 0 Å². The van der Waals surface area contributed by atoms with Crippen LogP contribution < -0.4 is 4.57 Å². The van der Waals surface area contributed by atoms with Crippen LogP contribution >= 0.6 is 0 Å². The molecule has 0 aliphatic rings. The molecule has 4 nitrogen and oxygen atoms in total. The quantitative estimate of drug-likeness (QED) is 0.461. The fraction of sp³-hybridized carbons (Fsp3) is 0.722. The van der Waals surface area contributed by atoms with Gasteiger partial charge in [-0.15, -0.1) is 5.10 Å². The van der Waals surface area contributed by atoms with E-state index >= 15 is 0 Å². The standard InChI is InChI=1S/C18H31N4/c1-3-4-5-6-7-8-9-10-11-12-14-22-15-13-17-18(16-22)21(2)20-19-17/h13,15-16H,3-12,14H2,1-2H3/q+1. The molecule has 0 aliphatic carbocycles. The molecule has 0 unspecified atom stereocenters. The zero-order valence-corrected chi connectivity index (χ0v) is 14.3. The first-order valence-corrected chi connectivity index (χ1v) is 8.99. The molecule has 2 aromatic rings. The van der Waals surface area contributed by atoms with Gasteiger partial charge in [-0.25, -0.2) is 9.25 Å². The molecule has 22 heavy (non-hydrogen) atoms. The Morgan fingerprint density at radius 2 is 1.59 bits per heavy atom. The van der Waals surface area contributed by atoms with Gasteiger partial charge in [-0.3, -0.25) is 0 Å². The molecule has 122 valence electrons. The van der Waals surface area contributed by atoms with Crippen LogP contribution in [0.15, 0.2) is 18.5 Å². The van der Waals surface area contributed by atoms with Crippen molar-refractivity contribution in [3.63, 3.8) is 0 Å². The van der Waals surface area contributed by atoms with Gasteiger partial charge in [0.05, 0.1) is 0 Å². The molecule has 0 N–H and O–H groups in total. The first-order valence-electron chi connectivity index (χ1n) is 8.99. The van der Waals surface area contributed by atoms with Crippen LogP contribution in [0.4, 0.5) is 0 Å². The maximum Gasteiger partial charge on any atom is 0.196 e. The molecule has 2 heterocycles. The second-order valence-electron chi connectivity index (χ2n) is 6.35. The highest BCUT2D eigenvalue weighted by atomic mass is 15.4. The zero-order valence-electron chi connectivity index (χ0n) is 14.3. The molecular formula is C18H31N4+. The Kier molecular flexibility index (Phi) is 7.34. The normalized spacial score (nSPS) is 11.4. The van der Waals surface area contributed by atoms with E-state index in [4.69, 9.17) is 0 Å². The molecule has 0 radical (unpaired) electrons. The summed E-state index contributed by atoms with van der Waals surface area (Å²) in [6, 6.07) is 2.05. The third kappa shape index (κ3) is 5.39. The first kappa shape index (κ1) is 16.9. The van der Waals surface area contributed by atoms with E-state index in [9.17, 15) is 0 Å². The average molecular weight is 303 g/mol. The average Bonchev–Trinajstić information content (AvgIpc) is 2.90. The van der Waals surface area contributed by atoms with Gasteiger partial charge in [-0.05, 0) is 6.42 Å². The molecule has 4 heteroatoms. The third-order valence-electron chi connectivity index (χ3n) is 4.38. The number of hydrogen-bond donors (Lipinski definition) is 0. The molecule has 0 spiro atoms. The van der Waals surface area contributed by atoms with Gasteiger partial charge in [0, 0.05) is 19.5 Å². The molecule has 0 saturated heterocycles. The Balaban J connectivity index is 1.55. The van der Waals surface area contributed by atoms with Crippen molar-refractivity contribution in [3.05, 3.63) is 18.5 Å². The Morgan fingerprint density at radius 3 is 2.27 bits per heavy atom. The fourth-order valence-corrected chi connectivity index (χ4v) is 2.94. The maximum absolute atomic E-state index is 4.12. The van der Waals surface area contributed by atoms with Crippen molar-refractivity contribution in [1.29, 1.82) is 0 Å². The lowest BCUT2D eigenvalue weighted by atomic mass is 10.1. The predicted molar refractivity (Wildman–Crippen MR) is 90.5 cm³/mol. The highest BCUT2D eigenvalue weighted by Gasteiger charge is 2.07. The summed E-state index contributed by atoms with van der Waals surface area (Å²) >= 11 is 0. The number of pyridine rings is 1. The van der Waals surface area contributed by atoms with Crippen molar-refractivity contribution in [2.24, 2.45) is 7.05 Å². The summed E-state index contributed by atoms with van der Waals surface area (Å²) in [6.07, 6.45) is 18.1. The Hall–Kier alpha value is -1.45. The van der Waals surface area contributed by atoms with Gasteiger partial charge in [-0.2, -0.15) is 0 Å². The molecule has 0 bridgehead atoms. The summed E-state index contributed by atoms with van der Waals surface area (Å²) in [5, 5.41) is 8.16. The minimum Gasteiger partial charge on any atom is -0.242 e. The van der Waals surface area contributed by atoms with Crippen molar-refractivity contribution >= 4 is 11.0 Å². The van der Waals surface area contributed by atoms with Crippen molar-refractivity contribution in [2.75, 3.05) is 0 Å². The third-order valence-corrected chi connectivity index (χ3v) is 4.38. The number of hydrogen-bond acceptors (Lipinski definition) is 2. The topological polar surface area (TPSA) is 34.6 Å². The summed E-state index contributed by atoms with van der Waals surface area (Å²) in [7, 11) is 1.94. The maximum atomic E-state index is 4.12.